The van der Waals surface area contributed by atoms with E-state index >= 15 is 0 Å². The summed E-state index contributed by atoms with van der Waals surface area (Å²) in [6.45, 7) is 6.74. The molecule has 1 amide bonds. The molecule has 4 heteroatoms. The third-order valence-corrected chi connectivity index (χ3v) is 2.88. The molecule has 0 aliphatic heterocycles. The van der Waals surface area contributed by atoms with Crippen molar-refractivity contribution in [1.29, 1.82) is 0 Å². The van der Waals surface area contributed by atoms with Crippen molar-refractivity contribution >= 4 is 5.91 Å². The Morgan fingerprint density at radius 3 is 2.78 bits per heavy atom. The van der Waals surface area contributed by atoms with Gasteiger partial charge in [0, 0.05) is 18.5 Å². The van der Waals surface area contributed by atoms with Gasteiger partial charge in [-0.1, -0.05) is 19.1 Å². The fourth-order valence-electron chi connectivity index (χ4n) is 1.50. The van der Waals surface area contributed by atoms with Gasteiger partial charge < -0.3 is 15.8 Å². The van der Waals surface area contributed by atoms with Crippen LogP contribution in [0.1, 0.15) is 26.3 Å². The third kappa shape index (κ3) is 4.37. The largest absolute Gasteiger partial charge is 0.494 e. The van der Waals surface area contributed by atoms with Crippen LogP contribution in [0.2, 0.25) is 0 Å². The molecule has 3 N–H and O–H groups in total. The summed E-state index contributed by atoms with van der Waals surface area (Å²) < 4.78 is 5.41. The number of hydrogen-bond acceptors (Lipinski definition) is 3. The van der Waals surface area contributed by atoms with Crippen LogP contribution < -0.4 is 15.8 Å². The van der Waals surface area contributed by atoms with E-state index in [1.807, 2.05) is 45.0 Å². The Morgan fingerprint density at radius 1 is 1.44 bits per heavy atom. The molecule has 0 fully saturated rings. The van der Waals surface area contributed by atoms with Crippen LogP contribution >= 0.6 is 0 Å². The zero-order valence-corrected chi connectivity index (χ0v) is 11.3. The molecule has 1 aromatic carbocycles. The minimum Gasteiger partial charge on any atom is -0.494 e. The van der Waals surface area contributed by atoms with Gasteiger partial charge in [0.2, 0.25) is 5.91 Å². The molecule has 18 heavy (non-hydrogen) atoms. The first-order valence-electron chi connectivity index (χ1n) is 6.29. The lowest BCUT2D eigenvalue weighted by atomic mass is 10.0. The number of ether oxygens (including phenoxy) is 1. The number of hydrogen-bond donors (Lipinski definition) is 2. The van der Waals surface area contributed by atoms with Gasteiger partial charge in [-0.05, 0) is 31.5 Å². The second-order valence-electron chi connectivity index (χ2n) is 4.45. The molecule has 0 aromatic heterocycles. The number of benzene rings is 1. The Bertz CT molecular complexity index is 391. The van der Waals surface area contributed by atoms with Crippen LogP contribution in [-0.2, 0) is 11.3 Å². The number of carbonyl (C=O) groups is 1. The van der Waals surface area contributed by atoms with Crippen LogP contribution in [0.15, 0.2) is 24.3 Å². The van der Waals surface area contributed by atoms with Crippen LogP contribution in [-0.4, -0.2) is 18.6 Å². The molecule has 100 valence electrons. The lowest BCUT2D eigenvalue weighted by Gasteiger charge is -2.15. The Balaban J connectivity index is 2.53. The van der Waals surface area contributed by atoms with Crippen molar-refractivity contribution in [3.63, 3.8) is 0 Å². The SMILES string of the molecule is CCOc1cccc(CNC(=O)C(C)C(C)N)c1. The van der Waals surface area contributed by atoms with Gasteiger partial charge in [-0.2, -0.15) is 0 Å². The molecule has 0 aliphatic carbocycles. The van der Waals surface area contributed by atoms with E-state index in [1.165, 1.54) is 0 Å². The van der Waals surface area contributed by atoms with E-state index in [1.54, 1.807) is 0 Å². The zero-order valence-electron chi connectivity index (χ0n) is 11.3. The number of rotatable bonds is 6. The normalized spacial score (nSPS) is 13.8. The molecule has 0 spiro atoms. The molecule has 0 aliphatic rings. The Hall–Kier alpha value is -1.55. The predicted octanol–water partition coefficient (Wildman–Crippen LogP) is 1.68. The zero-order chi connectivity index (χ0) is 13.5. The lowest BCUT2D eigenvalue weighted by molar-refractivity contribution is -0.125. The molecule has 0 radical (unpaired) electrons. The molecule has 1 aromatic rings. The minimum atomic E-state index is -0.180. The molecule has 0 bridgehead atoms. The second-order valence-corrected chi connectivity index (χ2v) is 4.45. The molecule has 0 saturated carbocycles. The Morgan fingerprint density at radius 2 is 2.17 bits per heavy atom. The molecule has 4 nitrogen and oxygen atoms in total. The summed E-state index contributed by atoms with van der Waals surface area (Å²) in [5.41, 5.74) is 6.71. The highest BCUT2D eigenvalue weighted by molar-refractivity contribution is 5.78. The van der Waals surface area contributed by atoms with Crippen molar-refractivity contribution in [1.82, 2.24) is 5.32 Å². The molecule has 0 heterocycles. The first kappa shape index (κ1) is 14.5. The topological polar surface area (TPSA) is 64.3 Å². The highest BCUT2D eigenvalue weighted by Gasteiger charge is 2.16. The average molecular weight is 250 g/mol. The molecule has 2 atom stereocenters. The summed E-state index contributed by atoms with van der Waals surface area (Å²) in [7, 11) is 0. The van der Waals surface area contributed by atoms with Gasteiger partial charge in [-0.3, -0.25) is 4.79 Å². The summed E-state index contributed by atoms with van der Waals surface area (Å²) in [6.07, 6.45) is 0. The van der Waals surface area contributed by atoms with Crippen molar-refractivity contribution in [2.45, 2.75) is 33.4 Å². The van der Waals surface area contributed by atoms with E-state index in [9.17, 15) is 4.79 Å². The number of nitrogens with two attached hydrogens (primary N) is 1. The van der Waals surface area contributed by atoms with Crippen molar-refractivity contribution < 1.29 is 9.53 Å². The van der Waals surface area contributed by atoms with Gasteiger partial charge in [0.25, 0.3) is 0 Å². The minimum absolute atomic E-state index is 0.0215. The highest BCUT2D eigenvalue weighted by atomic mass is 16.5. The second kappa shape index (κ2) is 7.01. The smallest absolute Gasteiger partial charge is 0.224 e. The van der Waals surface area contributed by atoms with Crippen LogP contribution in [0.25, 0.3) is 0 Å². The maximum atomic E-state index is 11.7. The van der Waals surface area contributed by atoms with E-state index in [4.69, 9.17) is 10.5 Å². The number of carbonyl (C=O) groups excluding carboxylic acids is 1. The van der Waals surface area contributed by atoms with Crippen molar-refractivity contribution in [2.24, 2.45) is 11.7 Å². The quantitative estimate of drug-likeness (QED) is 0.807. The predicted molar refractivity (Wildman–Crippen MR) is 72.3 cm³/mol. The van der Waals surface area contributed by atoms with Crippen LogP contribution in [0.5, 0.6) is 5.75 Å². The van der Waals surface area contributed by atoms with Crippen LogP contribution in [0, 0.1) is 5.92 Å². The third-order valence-electron chi connectivity index (χ3n) is 2.88. The number of nitrogens with one attached hydrogen (secondary N) is 1. The first-order valence-corrected chi connectivity index (χ1v) is 6.29. The highest BCUT2D eigenvalue weighted by Crippen LogP contribution is 2.13. The summed E-state index contributed by atoms with van der Waals surface area (Å²) >= 11 is 0. The molecular formula is C14H22N2O2. The van der Waals surface area contributed by atoms with Gasteiger partial charge in [0.15, 0.2) is 0 Å². The summed E-state index contributed by atoms with van der Waals surface area (Å²) in [5, 5.41) is 2.87. The van der Waals surface area contributed by atoms with E-state index in [2.05, 4.69) is 5.32 Å². The maximum Gasteiger partial charge on any atom is 0.224 e. The summed E-state index contributed by atoms with van der Waals surface area (Å²) in [4.78, 5) is 11.7. The lowest BCUT2D eigenvalue weighted by Crippen LogP contribution is -2.38. The Kier molecular flexibility index (Phi) is 5.65. The molecule has 1 rings (SSSR count). The van der Waals surface area contributed by atoms with Crippen LogP contribution in [0.3, 0.4) is 0 Å². The van der Waals surface area contributed by atoms with Gasteiger partial charge in [-0.25, -0.2) is 0 Å². The molecular weight excluding hydrogens is 228 g/mol. The van der Waals surface area contributed by atoms with Gasteiger partial charge in [-0.15, -0.1) is 0 Å². The summed E-state index contributed by atoms with van der Waals surface area (Å²) in [5.74, 6) is 0.622. The monoisotopic (exact) mass is 250 g/mol. The van der Waals surface area contributed by atoms with E-state index in [0.717, 1.165) is 11.3 Å². The fraction of sp³-hybridized carbons (Fsp3) is 0.500. The fourth-order valence-corrected chi connectivity index (χ4v) is 1.50. The maximum absolute atomic E-state index is 11.7. The first-order chi connectivity index (χ1) is 8.54. The van der Waals surface area contributed by atoms with Crippen molar-refractivity contribution in [3.05, 3.63) is 29.8 Å². The standard InChI is InChI=1S/C14H22N2O2/c1-4-18-13-7-5-6-12(8-13)9-16-14(17)10(2)11(3)15/h5-8,10-11H,4,9,15H2,1-3H3,(H,16,17). The van der Waals surface area contributed by atoms with Gasteiger partial charge >= 0.3 is 0 Å². The van der Waals surface area contributed by atoms with E-state index < -0.39 is 0 Å². The van der Waals surface area contributed by atoms with Gasteiger partial charge in [0.05, 0.1) is 6.61 Å². The van der Waals surface area contributed by atoms with Crippen LogP contribution in [0.4, 0.5) is 0 Å². The Labute approximate surface area is 109 Å². The van der Waals surface area contributed by atoms with E-state index in [0.29, 0.717) is 13.2 Å². The summed E-state index contributed by atoms with van der Waals surface area (Å²) in [6, 6.07) is 7.57. The average Bonchev–Trinajstić information content (AvgIpc) is 2.36. The van der Waals surface area contributed by atoms with Gasteiger partial charge in [0.1, 0.15) is 5.75 Å². The van der Waals surface area contributed by atoms with Crippen molar-refractivity contribution in [2.75, 3.05) is 6.61 Å². The van der Waals surface area contributed by atoms with E-state index in [-0.39, 0.29) is 17.9 Å². The molecule has 0 saturated heterocycles. The van der Waals surface area contributed by atoms with Crippen molar-refractivity contribution in [3.8, 4) is 5.75 Å². The number of amides is 1. The molecule has 2 unspecified atom stereocenters.